The van der Waals surface area contributed by atoms with Crippen molar-refractivity contribution in [1.82, 2.24) is 15.1 Å². The lowest BCUT2D eigenvalue weighted by Crippen LogP contribution is -2.28. The quantitative estimate of drug-likeness (QED) is 0.915. The van der Waals surface area contributed by atoms with E-state index in [0.717, 1.165) is 5.56 Å². The van der Waals surface area contributed by atoms with E-state index in [1.165, 1.54) is 4.68 Å². The Hall–Kier alpha value is -1.72. The predicted octanol–water partition coefficient (Wildman–Crippen LogP) is 2.80. The topological polar surface area (TPSA) is 72.9 Å². The Morgan fingerprint density at radius 3 is 2.70 bits per heavy atom. The van der Waals surface area contributed by atoms with Crippen molar-refractivity contribution in [3.05, 3.63) is 45.7 Å². The summed E-state index contributed by atoms with van der Waals surface area (Å²) in [6.07, 6.45) is 1.58. The molecular weight excluding hydrogens is 299 g/mol. The summed E-state index contributed by atoms with van der Waals surface area (Å²) in [6.45, 7) is 1.83. The van der Waals surface area contributed by atoms with E-state index >= 15 is 0 Å². The van der Waals surface area contributed by atoms with Crippen LogP contribution in [0.5, 0.6) is 0 Å². The third-order valence-electron chi connectivity index (χ3n) is 2.85. The van der Waals surface area contributed by atoms with E-state index in [0.29, 0.717) is 15.7 Å². The fraction of sp³-hybridized carbons (Fsp3) is 0.231. The number of halogens is 2. The average Bonchev–Trinajstić information content (AvgIpc) is 2.68. The van der Waals surface area contributed by atoms with E-state index < -0.39 is 0 Å². The van der Waals surface area contributed by atoms with Gasteiger partial charge in [-0.05, 0) is 24.6 Å². The zero-order valence-electron chi connectivity index (χ0n) is 11.0. The van der Waals surface area contributed by atoms with Gasteiger partial charge < -0.3 is 11.1 Å². The highest BCUT2D eigenvalue weighted by Crippen LogP contribution is 2.26. The lowest BCUT2D eigenvalue weighted by molar-refractivity contribution is 0.0935. The molecule has 1 heterocycles. The number of rotatable bonds is 3. The normalized spacial score (nSPS) is 12.2. The van der Waals surface area contributed by atoms with Gasteiger partial charge >= 0.3 is 0 Å². The van der Waals surface area contributed by atoms with Gasteiger partial charge in [-0.2, -0.15) is 5.10 Å². The van der Waals surface area contributed by atoms with Gasteiger partial charge in [0.05, 0.1) is 11.7 Å². The minimum atomic E-state index is -0.346. The van der Waals surface area contributed by atoms with E-state index in [1.807, 2.05) is 6.92 Å². The molecule has 0 saturated heterocycles. The Morgan fingerprint density at radius 2 is 2.15 bits per heavy atom. The molecule has 0 spiro atoms. The molecule has 0 saturated carbocycles. The highest BCUT2D eigenvalue weighted by atomic mass is 35.5. The molecule has 0 aliphatic heterocycles. The zero-order chi connectivity index (χ0) is 14.9. The number of nitrogen functional groups attached to an aromatic ring is 1. The molecule has 1 amide bonds. The standard InChI is InChI=1S/C13H14Cl2N4O/c1-7(9-4-3-8(14)5-10(9)15)17-13(20)12-11(16)6-19(2)18-12/h3-7H,16H2,1-2H3,(H,17,20). The summed E-state index contributed by atoms with van der Waals surface area (Å²) >= 11 is 12.0. The molecule has 1 unspecified atom stereocenters. The number of anilines is 1. The first-order chi connectivity index (χ1) is 9.38. The number of benzene rings is 1. The lowest BCUT2D eigenvalue weighted by Gasteiger charge is -2.15. The molecule has 5 nitrogen and oxygen atoms in total. The van der Waals surface area contributed by atoms with E-state index in [4.69, 9.17) is 28.9 Å². The van der Waals surface area contributed by atoms with Crippen molar-refractivity contribution in [2.24, 2.45) is 7.05 Å². The van der Waals surface area contributed by atoms with Crippen LogP contribution in [0, 0.1) is 0 Å². The highest BCUT2D eigenvalue weighted by molar-refractivity contribution is 6.35. The average molecular weight is 313 g/mol. The van der Waals surface area contributed by atoms with Gasteiger partial charge in [-0.3, -0.25) is 9.48 Å². The van der Waals surface area contributed by atoms with Gasteiger partial charge in [0.2, 0.25) is 0 Å². The minimum Gasteiger partial charge on any atom is -0.396 e. The van der Waals surface area contributed by atoms with Crippen molar-refractivity contribution in [2.75, 3.05) is 5.73 Å². The maximum Gasteiger partial charge on any atom is 0.274 e. The van der Waals surface area contributed by atoms with Crippen LogP contribution in [0.25, 0.3) is 0 Å². The number of carbonyl (C=O) groups excluding carboxylic acids is 1. The van der Waals surface area contributed by atoms with Crippen molar-refractivity contribution in [3.8, 4) is 0 Å². The van der Waals surface area contributed by atoms with Crippen molar-refractivity contribution in [1.29, 1.82) is 0 Å². The molecule has 1 atom stereocenters. The lowest BCUT2D eigenvalue weighted by atomic mass is 10.1. The van der Waals surface area contributed by atoms with Gasteiger partial charge in [0.1, 0.15) is 0 Å². The van der Waals surface area contributed by atoms with E-state index in [1.54, 1.807) is 31.4 Å². The van der Waals surface area contributed by atoms with Crippen LogP contribution in [0.1, 0.15) is 29.0 Å². The Bertz CT molecular complexity index is 654. The summed E-state index contributed by atoms with van der Waals surface area (Å²) in [5, 5.41) is 7.87. The molecule has 1 aromatic carbocycles. The number of nitrogens with two attached hydrogens (primary N) is 1. The molecule has 2 aromatic rings. The first-order valence-corrected chi connectivity index (χ1v) is 6.69. The van der Waals surface area contributed by atoms with Crippen molar-refractivity contribution in [2.45, 2.75) is 13.0 Å². The first kappa shape index (κ1) is 14.7. The number of hydrogen-bond acceptors (Lipinski definition) is 3. The van der Waals surface area contributed by atoms with E-state index in [9.17, 15) is 4.79 Å². The molecular formula is C13H14Cl2N4O. The number of aryl methyl sites for hydroxylation is 1. The van der Waals surface area contributed by atoms with Gasteiger partial charge in [0.25, 0.3) is 5.91 Å². The molecule has 0 aliphatic carbocycles. The van der Waals surface area contributed by atoms with E-state index in [2.05, 4.69) is 10.4 Å². The molecule has 0 aliphatic rings. The summed E-state index contributed by atoms with van der Waals surface area (Å²) in [6, 6.07) is 4.85. The summed E-state index contributed by atoms with van der Waals surface area (Å²) < 4.78 is 1.49. The van der Waals surface area contributed by atoms with Crippen LogP contribution >= 0.6 is 23.2 Å². The zero-order valence-corrected chi connectivity index (χ0v) is 12.5. The van der Waals surface area contributed by atoms with Crippen LogP contribution in [0.2, 0.25) is 10.0 Å². The maximum atomic E-state index is 12.1. The maximum absolute atomic E-state index is 12.1. The second-order valence-corrected chi connectivity index (χ2v) is 5.31. The van der Waals surface area contributed by atoms with Crippen LogP contribution in [-0.2, 0) is 7.05 Å². The Kier molecular flexibility index (Phi) is 4.20. The Balaban J connectivity index is 2.17. The fourth-order valence-electron chi connectivity index (χ4n) is 1.88. The predicted molar refractivity (Wildman–Crippen MR) is 80.0 cm³/mol. The number of nitrogens with one attached hydrogen (secondary N) is 1. The second-order valence-electron chi connectivity index (χ2n) is 4.47. The Morgan fingerprint density at radius 1 is 1.45 bits per heavy atom. The van der Waals surface area contributed by atoms with Crippen LogP contribution in [0.15, 0.2) is 24.4 Å². The molecule has 0 fully saturated rings. The number of hydrogen-bond donors (Lipinski definition) is 2. The van der Waals surface area contributed by atoms with E-state index in [-0.39, 0.29) is 17.6 Å². The summed E-state index contributed by atoms with van der Waals surface area (Å²) in [4.78, 5) is 12.1. The summed E-state index contributed by atoms with van der Waals surface area (Å²) in [5.74, 6) is -0.346. The number of carbonyl (C=O) groups is 1. The molecule has 0 bridgehead atoms. The molecule has 106 valence electrons. The molecule has 2 rings (SSSR count). The van der Waals surface area contributed by atoms with Crippen LogP contribution < -0.4 is 11.1 Å². The first-order valence-electron chi connectivity index (χ1n) is 5.93. The fourth-order valence-corrected chi connectivity index (χ4v) is 2.45. The molecule has 0 radical (unpaired) electrons. The van der Waals surface area contributed by atoms with Crippen molar-refractivity contribution >= 4 is 34.8 Å². The Labute approximate surface area is 126 Å². The number of nitrogens with zero attached hydrogens (tertiary/aromatic N) is 2. The third-order valence-corrected chi connectivity index (χ3v) is 3.41. The molecule has 3 N–H and O–H groups in total. The van der Waals surface area contributed by atoms with Crippen LogP contribution in [0.4, 0.5) is 5.69 Å². The molecule has 7 heteroatoms. The van der Waals surface area contributed by atoms with Crippen molar-refractivity contribution in [3.63, 3.8) is 0 Å². The van der Waals surface area contributed by atoms with Gasteiger partial charge in [-0.15, -0.1) is 0 Å². The molecule has 1 aromatic heterocycles. The summed E-state index contributed by atoms with van der Waals surface area (Å²) in [5.41, 5.74) is 7.03. The second kappa shape index (κ2) is 5.73. The summed E-state index contributed by atoms with van der Waals surface area (Å²) in [7, 11) is 1.70. The van der Waals surface area contributed by atoms with Gasteiger partial charge in [-0.1, -0.05) is 29.3 Å². The minimum absolute atomic E-state index is 0.199. The number of amides is 1. The van der Waals surface area contributed by atoms with Crippen LogP contribution in [-0.4, -0.2) is 15.7 Å². The van der Waals surface area contributed by atoms with Crippen LogP contribution in [0.3, 0.4) is 0 Å². The monoisotopic (exact) mass is 312 g/mol. The SMILES string of the molecule is CC(NC(=O)c1nn(C)cc1N)c1ccc(Cl)cc1Cl. The smallest absolute Gasteiger partial charge is 0.274 e. The largest absolute Gasteiger partial charge is 0.396 e. The van der Waals surface area contributed by atoms with Gasteiger partial charge in [-0.25, -0.2) is 0 Å². The van der Waals surface area contributed by atoms with Gasteiger partial charge in [0, 0.05) is 23.3 Å². The molecule has 20 heavy (non-hydrogen) atoms. The number of aromatic nitrogens is 2. The van der Waals surface area contributed by atoms with Crippen molar-refractivity contribution < 1.29 is 4.79 Å². The van der Waals surface area contributed by atoms with Gasteiger partial charge in [0.15, 0.2) is 5.69 Å². The highest BCUT2D eigenvalue weighted by Gasteiger charge is 2.18. The third kappa shape index (κ3) is 3.05.